The molecular formula is C27H49N. The minimum atomic E-state index is 0.671. The quantitative estimate of drug-likeness (QED) is 0.160. The van der Waals surface area contributed by atoms with Crippen molar-refractivity contribution in [2.75, 3.05) is 6.54 Å². The second kappa shape index (κ2) is 16.8. The summed E-state index contributed by atoms with van der Waals surface area (Å²) in [6.45, 7) is 18.3. The summed E-state index contributed by atoms with van der Waals surface area (Å²) in [4.78, 5) is 0. The molecule has 0 saturated heterocycles. The van der Waals surface area contributed by atoms with E-state index in [2.05, 4.69) is 60.3 Å². The van der Waals surface area contributed by atoms with Crippen LogP contribution in [0.4, 0.5) is 0 Å². The molecule has 28 heavy (non-hydrogen) atoms. The first-order valence-electron chi connectivity index (χ1n) is 11.6. The lowest BCUT2D eigenvalue weighted by atomic mass is 9.89. The highest BCUT2D eigenvalue weighted by atomic mass is 14.5. The van der Waals surface area contributed by atoms with Crippen molar-refractivity contribution in [1.82, 2.24) is 0 Å². The Bertz CT molecular complexity index is 506. The van der Waals surface area contributed by atoms with Gasteiger partial charge in [-0.1, -0.05) is 60.8 Å². The third-order valence-corrected chi connectivity index (χ3v) is 6.26. The van der Waals surface area contributed by atoms with E-state index in [-0.39, 0.29) is 0 Å². The Morgan fingerprint density at radius 3 is 2.11 bits per heavy atom. The molecule has 1 heteroatoms. The van der Waals surface area contributed by atoms with Gasteiger partial charge in [-0.15, -0.1) is 6.58 Å². The molecule has 2 unspecified atom stereocenters. The normalized spacial score (nSPS) is 16.0. The van der Waals surface area contributed by atoms with E-state index >= 15 is 0 Å². The largest absolute Gasteiger partial charge is 0.330 e. The van der Waals surface area contributed by atoms with Crippen LogP contribution in [0.5, 0.6) is 0 Å². The Morgan fingerprint density at radius 2 is 1.50 bits per heavy atom. The van der Waals surface area contributed by atoms with Gasteiger partial charge in [0, 0.05) is 0 Å². The lowest BCUT2D eigenvalue weighted by molar-refractivity contribution is 0.382. The Kier molecular flexibility index (Phi) is 16.2. The lowest BCUT2D eigenvalue weighted by Crippen LogP contribution is -2.15. The molecule has 0 saturated carbocycles. The molecule has 0 aromatic heterocycles. The number of unbranched alkanes of at least 4 members (excludes halogenated alkanes) is 1. The van der Waals surface area contributed by atoms with Crippen LogP contribution in [-0.2, 0) is 0 Å². The van der Waals surface area contributed by atoms with Crippen molar-refractivity contribution in [3.63, 3.8) is 0 Å². The van der Waals surface area contributed by atoms with Crippen LogP contribution in [0.3, 0.4) is 0 Å². The van der Waals surface area contributed by atoms with Crippen LogP contribution in [0.1, 0.15) is 106 Å². The topological polar surface area (TPSA) is 26.0 Å². The highest BCUT2D eigenvalue weighted by Crippen LogP contribution is 2.24. The van der Waals surface area contributed by atoms with Gasteiger partial charge in [0.15, 0.2) is 0 Å². The Hall–Kier alpha value is -1.08. The van der Waals surface area contributed by atoms with E-state index in [9.17, 15) is 0 Å². The van der Waals surface area contributed by atoms with Gasteiger partial charge < -0.3 is 5.73 Å². The summed E-state index contributed by atoms with van der Waals surface area (Å²) in [5.41, 5.74) is 12.2. The van der Waals surface area contributed by atoms with E-state index < -0.39 is 0 Å². The van der Waals surface area contributed by atoms with E-state index in [4.69, 9.17) is 5.73 Å². The first-order chi connectivity index (χ1) is 13.3. The summed E-state index contributed by atoms with van der Waals surface area (Å²) in [6.07, 6.45) is 18.9. The number of nitrogens with two attached hydrogens (primary N) is 1. The second-order valence-corrected chi connectivity index (χ2v) is 8.98. The predicted octanol–water partition coefficient (Wildman–Crippen LogP) is 8.53. The van der Waals surface area contributed by atoms with Crippen LogP contribution in [0, 0.1) is 11.8 Å². The summed E-state index contributed by atoms with van der Waals surface area (Å²) >= 11 is 0. The van der Waals surface area contributed by atoms with Gasteiger partial charge in [0.1, 0.15) is 0 Å². The highest BCUT2D eigenvalue weighted by molar-refractivity contribution is 5.15. The van der Waals surface area contributed by atoms with Gasteiger partial charge in [-0.3, -0.25) is 0 Å². The van der Waals surface area contributed by atoms with E-state index in [0.717, 1.165) is 25.3 Å². The average Bonchev–Trinajstić information content (AvgIpc) is 2.70. The molecule has 162 valence electrons. The zero-order chi connectivity index (χ0) is 21.4. The minimum Gasteiger partial charge on any atom is -0.330 e. The Balaban J connectivity index is 4.24. The van der Waals surface area contributed by atoms with E-state index in [0.29, 0.717) is 5.92 Å². The van der Waals surface area contributed by atoms with E-state index in [1.165, 1.54) is 62.5 Å². The monoisotopic (exact) mass is 387 g/mol. The molecule has 0 heterocycles. The maximum Gasteiger partial charge on any atom is -0.00488 e. The fourth-order valence-corrected chi connectivity index (χ4v) is 3.36. The van der Waals surface area contributed by atoms with Crippen molar-refractivity contribution in [3.05, 3.63) is 47.1 Å². The van der Waals surface area contributed by atoms with Gasteiger partial charge >= 0.3 is 0 Å². The molecule has 0 aromatic carbocycles. The molecule has 0 aliphatic carbocycles. The molecule has 0 fully saturated rings. The maximum atomic E-state index is 6.08. The van der Waals surface area contributed by atoms with Crippen molar-refractivity contribution in [2.24, 2.45) is 17.6 Å². The van der Waals surface area contributed by atoms with Crippen LogP contribution in [0.15, 0.2) is 47.1 Å². The minimum absolute atomic E-state index is 0.671. The molecule has 0 aliphatic heterocycles. The predicted molar refractivity (Wildman–Crippen MR) is 130 cm³/mol. The van der Waals surface area contributed by atoms with Crippen LogP contribution in [0.2, 0.25) is 0 Å². The van der Waals surface area contributed by atoms with Crippen LogP contribution in [0.25, 0.3) is 0 Å². The third-order valence-electron chi connectivity index (χ3n) is 6.26. The summed E-state index contributed by atoms with van der Waals surface area (Å²) in [7, 11) is 0. The van der Waals surface area contributed by atoms with Crippen molar-refractivity contribution in [1.29, 1.82) is 0 Å². The van der Waals surface area contributed by atoms with Gasteiger partial charge in [0.25, 0.3) is 0 Å². The zero-order valence-corrected chi connectivity index (χ0v) is 19.9. The summed E-state index contributed by atoms with van der Waals surface area (Å²) in [5, 5.41) is 0. The molecule has 0 amide bonds. The first kappa shape index (κ1) is 26.9. The molecule has 2 atom stereocenters. The molecule has 0 radical (unpaired) electrons. The number of hydrogen-bond acceptors (Lipinski definition) is 1. The molecule has 0 rings (SSSR count). The fourth-order valence-electron chi connectivity index (χ4n) is 3.36. The fraction of sp³-hybridized carbons (Fsp3) is 0.704. The molecule has 0 aliphatic rings. The standard InChI is InChI=1S/C27H49N/c1-8-10-11-12-25(6)26(7)18-20-27(21-28)19-17-24(5)16-15-23(4)14-13-22(3)9-2/h8,13-14,24,27H,1,9-12,15-21,28H2,2-7H3. The molecule has 0 spiro atoms. The third kappa shape index (κ3) is 14.0. The lowest BCUT2D eigenvalue weighted by Gasteiger charge is -2.19. The highest BCUT2D eigenvalue weighted by Gasteiger charge is 2.11. The van der Waals surface area contributed by atoms with Crippen LogP contribution in [-0.4, -0.2) is 6.54 Å². The Morgan fingerprint density at radius 1 is 0.857 bits per heavy atom. The number of rotatable bonds is 16. The molecular weight excluding hydrogens is 338 g/mol. The van der Waals surface area contributed by atoms with E-state index in [1.54, 1.807) is 11.1 Å². The second-order valence-electron chi connectivity index (χ2n) is 8.98. The summed E-state index contributed by atoms with van der Waals surface area (Å²) in [6, 6.07) is 0. The SMILES string of the molecule is C=CCCCC(C)=C(C)CCC(CN)CCC(C)CCC(C)=CC=C(C)CC. The number of allylic oxidation sites excluding steroid dienone is 7. The number of hydrogen-bond donors (Lipinski definition) is 1. The summed E-state index contributed by atoms with van der Waals surface area (Å²) in [5.74, 6) is 1.45. The Labute approximate surface area is 177 Å². The van der Waals surface area contributed by atoms with Gasteiger partial charge in [-0.05, 0) is 104 Å². The zero-order valence-electron chi connectivity index (χ0n) is 19.9. The van der Waals surface area contributed by atoms with Crippen LogP contribution >= 0.6 is 0 Å². The molecule has 0 bridgehead atoms. The van der Waals surface area contributed by atoms with Crippen LogP contribution < -0.4 is 5.73 Å². The molecule has 0 aromatic rings. The first-order valence-corrected chi connectivity index (χ1v) is 11.6. The van der Waals surface area contributed by atoms with Gasteiger partial charge in [0.05, 0.1) is 0 Å². The summed E-state index contributed by atoms with van der Waals surface area (Å²) < 4.78 is 0. The van der Waals surface area contributed by atoms with Crippen molar-refractivity contribution in [3.8, 4) is 0 Å². The maximum absolute atomic E-state index is 6.08. The van der Waals surface area contributed by atoms with Crippen molar-refractivity contribution in [2.45, 2.75) is 106 Å². The molecule has 2 N–H and O–H groups in total. The van der Waals surface area contributed by atoms with Crippen molar-refractivity contribution < 1.29 is 0 Å². The smallest absolute Gasteiger partial charge is 0.00488 e. The van der Waals surface area contributed by atoms with E-state index in [1.807, 2.05) is 6.08 Å². The van der Waals surface area contributed by atoms with Gasteiger partial charge in [0.2, 0.25) is 0 Å². The van der Waals surface area contributed by atoms with Crippen molar-refractivity contribution >= 4 is 0 Å². The average molecular weight is 388 g/mol. The van der Waals surface area contributed by atoms with Gasteiger partial charge in [-0.25, -0.2) is 0 Å². The van der Waals surface area contributed by atoms with Gasteiger partial charge in [-0.2, -0.15) is 0 Å². The molecule has 1 nitrogen and oxygen atoms in total.